The topological polar surface area (TPSA) is 94.5 Å². The molecular formula is C11H15N5O. The van der Waals surface area contributed by atoms with Gasteiger partial charge in [-0.3, -0.25) is 9.89 Å². The molecule has 6 heteroatoms. The molecule has 2 N–H and O–H groups in total. The predicted octanol–water partition coefficient (Wildman–Crippen LogP) is 0.403. The van der Waals surface area contributed by atoms with E-state index in [2.05, 4.69) is 33.5 Å². The van der Waals surface area contributed by atoms with Crippen molar-refractivity contribution >= 4 is 5.91 Å². The van der Waals surface area contributed by atoms with Gasteiger partial charge in [-0.1, -0.05) is 6.92 Å². The van der Waals surface area contributed by atoms with Crippen LogP contribution in [-0.4, -0.2) is 27.6 Å². The number of amides is 1. The second-order valence-electron chi connectivity index (χ2n) is 4.65. The number of nitriles is 1. The summed E-state index contributed by atoms with van der Waals surface area (Å²) >= 11 is 0. The lowest BCUT2D eigenvalue weighted by Gasteiger charge is -2.39. The third-order valence-electron chi connectivity index (χ3n) is 3.15. The fourth-order valence-corrected chi connectivity index (χ4v) is 2.27. The van der Waals surface area contributed by atoms with Gasteiger partial charge in [0, 0.05) is 13.0 Å². The molecule has 17 heavy (non-hydrogen) atoms. The lowest BCUT2D eigenvalue weighted by Crippen LogP contribution is -2.48. The number of carbonyl (C=O) groups excluding carboxylic acids is 1. The van der Waals surface area contributed by atoms with E-state index < -0.39 is 5.41 Å². The van der Waals surface area contributed by atoms with Crippen LogP contribution in [0.5, 0.6) is 0 Å². The van der Waals surface area contributed by atoms with E-state index >= 15 is 0 Å². The maximum Gasteiger partial charge on any atom is 0.240 e. The largest absolute Gasteiger partial charge is 0.354 e. The molecule has 90 valence electrons. The molecule has 0 aromatic carbocycles. The van der Waals surface area contributed by atoms with Gasteiger partial charge >= 0.3 is 0 Å². The van der Waals surface area contributed by atoms with Crippen LogP contribution in [0.15, 0.2) is 6.33 Å². The number of hydrogen-bond donors (Lipinski definition) is 2. The molecule has 1 aliphatic carbocycles. The number of aromatic amines is 1. The van der Waals surface area contributed by atoms with E-state index in [0.29, 0.717) is 31.7 Å². The van der Waals surface area contributed by atoms with Crippen molar-refractivity contribution in [2.75, 3.05) is 6.54 Å². The average molecular weight is 233 g/mol. The van der Waals surface area contributed by atoms with Crippen LogP contribution in [0.2, 0.25) is 0 Å². The van der Waals surface area contributed by atoms with E-state index in [4.69, 9.17) is 5.26 Å². The first kappa shape index (κ1) is 11.6. The molecular weight excluding hydrogens is 218 g/mol. The van der Waals surface area contributed by atoms with Crippen molar-refractivity contribution in [2.45, 2.75) is 26.2 Å². The van der Waals surface area contributed by atoms with Crippen LogP contribution in [0.4, 0.5) is 0 Å². The Kier molecular flexibility index (Phi) is 3.09. The molecule has 6 nitrogen and oxygen atoms in total. The van der Waals surface area contributed by atoms with Crippen LogP contribution < -0.4 is 5.32 Å². The Morgan fingerprint density at radius 1 is 1.76 bits per heavy atom. The quantitative estimate of drug-likeness (QED) is 0.787. The monoisotopic (exact) mass is 233 g/mol. The second-order valence-corrected chi connectivity index (χ2v) is 4.65. The molecule has 0 spiro atoms. The summed E-state index contributed by atoms with van der Waals surface area (Å²) in [6.45, 7) is 2.53. The van der Waals surface area contributed by atoms with E-state index in [9.17, 15) is 4.79 Å². The molecule has 1 amide bonds. The zero-order valence-electron chi connectivity index (χ0n) is 9.73. The van der Waals surface area contributed by atoms with Gasteiger partial charge < -0.3 is 5.32 Å². The van der Waals surface area contributed by atoms with Crippen molar-refractivity contribution in [1.82, 2.24) is 20.5 Å². The van der Waals surface area contributed by atoms with E-state index in [0.717, 1.165) is 5.82 Å². The number of aromatic nitrogens is 3. The summed E-state index contributed by atoms with van der Waals surface area (Å²) in [7, 11) is 0. The molecule has 0 bridgehead atoms. The van der Waals surface area contributed by atoms with Crippen LogP contribution in [-0.2, 0) is 11.2 Å². The van der Waals surface area contributed by atoms with Crippen molar-refractivity contribution in [3.05, 3.63) is 12.2 Å². The summed E-state index contributed by atoms with van der Waals surface area (Å²) in [5, 5.41) is 18.3. The molecule has 2 rings (SSSR count). The highest BCUT2D eigenvalue weighted by Gasteiger charge is 2.48. The molecule has 1 aromatic heterocycles. The number of H-pyrrole nitrogens is 1. The molecule has 0 aliphatic heterocycles. The number of nitrogens with one attached hydrogen (secondary N) is 2. The van der Waals surface area contributed by atoms with Gasteiger partial charge in [0.15, 0.2) is 0 Å². The minimum atomic E-state index is -0.791. The van der Waals surface area contributed by atoms with E-state index in [1.807, 2.05) is 0 Å². The molecule has 1 aromatic rings. The van der Waals surface area contributed by atoms with Crippen molar-refractivity contribution in [1.29, 1.82) is 5.26 Å². The van der Waals surface area contributed by atoms with Gasteiger partial charge in [0.25, 0.3) is 0 Å². The van der Waals surface area contributed by atoms with Gasteiger partial charge in [-0.25, -0.2) is 4.98 Å². The summed E-state index contributed by atoms with van der Waals surface area (Å²) in [6.07, 6.45) is 3.36. The Morgan fingerprint density at radius 3 is 3.06 bits per heavy atom. The highest BCUT2D eigenvalue weighted by atomic mass is 16.2. The highest BCUT2D eigenvalue weighted by molar-refractivity contribution is 5.86. The standard InChI is InChI=1S/C11H15N5O/c1-8-4-11(5-8,6-12)10(17)13-3-2-9-14-7-15-16-9/h7-8H,2-5H2,1H3,(H,13,17)(H,14,15,16). The van der Waals surface area contributed by atoms with E-state index in [1.165, 1.54) is 6.33 Å². The molecule has 0 atom stereocenters. The first-order valence-electron chi connectivity index (χ1n) is 5.70. The Labute approximate surface area is 99.4 Å². The summed E-state index contributed by atoms with van der Waals surface area (Å²) in [4.78, 5) is 15.8. The number of rotatable bonds is 4. The molecule has 1 aliphatic rings. The maximum atomic E-state index is 11.9. The summed E-state index contributed by atoms with van der Waals surface area (Å²) < 4.78 is 0. The molecule has 0 unspecified atom stereocenters. The normalized spacial score (nSPS) is 26.9. The molecule has 1 saturated carbocycles. The van der Waals surface area contributed by atoms with Gasteiger partial charge in [-0.05, 0) is 18.8 Å². The maximum absolute atomic E-state index is 11.9. The Balaban J connectivity index is 1.80. The van der Waals surface area contributed by atoms with Crippen LogP contribution in [0.1, 0.15) is 25.6 Å². The molecule has 0 saturated heterocycles. The van der Waals surface area contributed by atoms with Gasteiger partial charge in [-0.15, -0.1) is 0 Å². The fourth-order valence-electron chi connectivity index (χ4n) is 2.27. The highest BCUT2D eigenvalue weighted by Crippen LogP contribution is 2.44. The van der Waals surface area contributed by atoms with Crippen molar-refractivity contribution in [2.24, 2.45) is 11.3 Å². The Hall–Kier alpha value is -1.90. The third-order valence-corrected chi connectivity index (χ3v) is 3.15. The van der Waals surface area contributed by atoms with Crippen LogP contribution in [0.25, 0.3) is 0 Å². The lowest BCUT2D eigenvalue weighted by molar-refractivity contribution is -0.133. The summed E-state index contributed by atoms with van der Waals surface area (Å²) in [5.41, 5.74) is -0.791. The Bertz CT molecular complexity index is 427. The Morgan fingerprint density at radius 2 is 2.53 bits per heavy atom. The first-order chi connectivity index (χ1) is 8.16. The van der Waals surface area contributed by atoms with Crippen molar-refractivity contribution in [3.63, 3.8) is 0 Å². The number of carbonyl (C=O) groups is 1. The van der Waals surface area contributed by atoms with Gasteiger partial charge in [0.05, 0.1) is 6.07 Å². The van der Waals surface area contributed by atoms with Crippen molar-refractivity contribution < 1.29 is 4.79 Å². The zero-order chi connectivity index (χ0) is 12.3. The van der Waals surface area contributed by atoms with Crippen LogP contribution in [0.3, 0.4) is 0 Å². The lowest BCUT2D eigenvalue weighted by atomic mass is 9.63. The van der Waals surface area contributed by atoms with E-state index in [1.54, 1.807) is 0 Å². The minimum Gasteiger partial charge on any atom is -0.354 e. The van der Waals surface area contributed by atoms with Crippen molar-refractivity contribution in [3.8, 4) is 6.07 Å². The van der Waals surface area contributed by atoms with Gasteiger partial charge in [0.2, 0.25) is 5.91 Å². The zero-order valence-corrected chi connectivity index (χ0v) is 9.73. The smallest absolute Gasteiger partial charge is 0.240 e. The SMILES string of the molecule is CC1CC(C#N)(C(=O)NCCc2ncn[nH]2)C1. The molecule has 1 heterocycles. The second kappa shape index (κ2) is 4.53. The summed E-state index contributed by atoms with van der Waals surface area (Å²) in [6, 6.07) is 2.14. The van der Waals surface area contributed by atoms with Crippen LogP contribution >= 0.6 is 0 Å². The predicted molar refractivity (Wildman–Crippen MR) is 59.5 cm³/mol. The summed E-state index contributed by atoms with van der Waals surface area (Å²) in [5.74, 6) is 1.05. The third kappa shape index (κ3) is 2.28. The molecule has 1 fully saturated rings. The van der Waals surface area contributed by atoms with Gasteiger partial charge in [0.1, 0.15) is 17.6 Å². The van der Waals surface area contributed by atoms with Gasteiger partial charge in [-0.2, -0.15) is 10.4 Å². The number of hydrogen-bond acceptors (Lipinski definition) is 4. The number of nitrogens with zero attached hydrogens (tertiary/aromatic N) is 3. The van der Waals surface area contributed by atoms with E-state index in [-0.39, 0.29) is 5.91 Å². The fraction of sp³-hybridized carbons (Fsp3) is 0.636. The minimum absolute atomic E-state index is 0.155. The molecule has 0 radical (unpaired) electrons. The first-order valence-corrected chi connectivity index (χ1v) is 5.70. The average Bonchev–Trinajstić information content (AvgIpc) is 2.77. The van der Waals surface area contributed by atoms with Crippen LogP contribution in [0, 0.1) is 22.7 Å².